The topological polar surface area (TPSA) is 71.8 Å². The van der Waals surface area contributed by atoms with Crippen molar-refractivity contribution in [2.75, 3.05) is 11.9 Å². The third-order valence-electron chi connectivity index (χ3n) is 3.21. The van der Waals surface area contributed by atoms with Gasteiger partial charge in [0.2, 0.25) is 5.91 Å². The molecule has 1 aromatic carbocycles. The van der Waals surface area contributed by atoms with Crippen molar-refractivity contribution in [3.05, 3.63) is 35.4 Å². The molecule has 0 spiro atoms. The maximum absolute atomic E-state index is 12.0. The lowest BCUT2D eigenvalue weighted by molar-refractivity contribution is -0.117. The highest BCUT2D eigenvalue weighted by molar-refractivity contribution is 6.32. The molecule has 2 N–H and O–H groups in total. The van der Waals surface area contributed by atoms with Gasteiger partial charge in [-0.25, -0.2) is 9.67 Å². The van der Waals surface area contributed by atoms with Crippen LogP contribution in [0.15, 0.2) is 24.8 Å². The molecule has 2 heterocycles. The first kappa shape index (κ1) is 13.1. The zero-order chi connectivity index (χ0) is 14.1. The Morgan fingerprint density at radius 2 is 2.35 bits per heavy atom. The lowest BCUT2D eigenvalue weighted by Crippen LogP contribution is -2.28. The van der Waals surface area contributed by atoms with Crippen molar-refractivity contribution in [2.45, 2.75) is 19.4 Å². The van der Waals surface area contributed by atoms with E-state index in [0.29, 0.717) is 10.7 Å². The van der Waals surface area contributed by atoms with Gasteiger partial charge in [0.15, 0.2) is 0 Å². The van der Waals surface area contributed by atoms with Crippen LogP contribution in [0.3, 0.4) is 0 Å². The number of hydrogen-bond acceptors (Lipinski definition) is 4. The molecule has 0 fully saturated rings. The highest BCUT2D eigenvalue weighted by Crippen LogP contribution is 2.36. The van der Waals surface area contributed by atoms with Gasteiger partial charge in [0.1, 0.15) is 18.7 Å². The van der Waals surface area contributed by atoms with Gasteiger partial charge in [-0.2, -0.15) is 5.10 Å². The normalized spacial score (nSPS) is 17.1. The monoisotopic (exact) mass is 291 g/mol. The fourth-order valence-corrected chi connectivity index (χ4v) is 2.53. The number of aromatic nitrogens is 3. The molecule has 1 amide bonds. The number of rotatable bonds is 4. The molecule has 6 nitrogen and oxygen atoms in total. The van der Waals surface area contributed by atoms with Crippen LogP contribution in [0.5, 0.6) is 0 Å². The van der Waals surface area contributed by atoms with Gasteiger partial charge >= 0.3 is 0 Å². The zero-order valence-electron chi connectivity index (χ0n) is 10.9. The van der Waals surface area contributed by atoms with E-state index in [9.17, 15) is 4.79 Å². The Morgan fingerprint density at radius 3 is 3.05 bits per heavy atom. The molecule has 1 atom stereocenters. The molecule has 2 aromatic rings. The Labute approximate surface area is 121 Å². The van der Waals surface area contributed by atoms with Gasteiger partial charge in [-0.3, -0.25) is 4.79 Å². The summed E-state index contributed by atoms with van der Waals surface area (Å²) in [6, 6.07) is 3.28. The van der Waals surface area contributed by atoms with Gasteiger partial charge in [0.05, 0.1) is 10.7 Å². The molecule has 0 radical (unpaired) electrons. The summed E-state index contributed by atoms with van der Waals surface area (Å²) in [7, 11) is 0. The highest BCUT2D eigenvalue weighted by Gasteiger charge is 2.31. The molecule has 7 heteroatoms. The average Bonchev–Trinajstić information content (AvgIpc) is 3.04. The van der Waals surface area contributed by atoms with E-state index >= 15 is 0 Å². The third kappa shape index (κ3) is 2.17. The van der Waals surface area contributed by atoms with Crippen LogP contribution in [-0.2, 0) is 4.79 Å². The van der Waals surface area contributed by atoms with E-state index in [2.05, 4.69) is 27.6 Å². The summed E-state index contributed by atoms with van der Waals surface area (Å²) < 4.78 is 1.57. The third-order valence-corrected chi connectivity index (χ3v) is 3.52. The molecule has 20 heavy (non-hydrogen) atoms. The number of hydrogen-bond donors (Lipinski definition) is 2. The van der Waals surface area contributed by atoms with Gasteiger partial charge in [0, 0.05) is 11.3 Å². The van der Waals surface area contributed by atoms with Crippen LogP contribution in [0.25, 0.3) is 5.69 Å². The predicted molar refractivity (Wildman–Crippen MR) is 76.0 cm³/mol. The van der Waals surface area contributed by atoms with E-state index in [1.54, 1.807) is 17.1 Å². The number of benzene rings is 1. The quantitative estimate of drug-likeness (QED) is 0.903. The molecule has 3 rings (SSSR count). The van der Waals surface area contributed by atoms with Crippen molar-refractivity contribution in [1.29, 1.82) is 0 Å². The van der Waals surface area contributed by atoms with E-state index in [1.165, 1.54) is 6.33 Å². The van der Waals surface area contributed by atoms with Crippen LogP contribution in [0.1, 0.15) is 24.9 Å². The van der Waals surface area contributed by atoms with Crippen molar-refractivity contribution >= 4 is 23.2 Å². The molecule has 1 aliphatic rings. The first-order chi connectivity index (χ1) is 9.70. The number of carbonyl (C=O) groups is 1. The fraction of sp³-hybridized carbons (Fsp3) is 0.308. The second-order valence-corrected chi connectivity index (χ2v) is 5.01. The van der Waals surface area contributed by atoms with Crippen LogP contribution in [0, 0.1) is 0 Å². The molecular weight excluding hydrogens is 278 g/mol. The second kappa shape index (κ2) is 5.22. The van der Waals surface area contributed by atoms with Crippen LogP contribution < -0.4 is 10.6 Å². The number of carbonyl (C=O) groups excluding carboxylic acids is 1. The molecule has 1 unspecified atom stereocenters. The van der Waals surface area contributed by atoms with Gasteiger partial charge in [-0.15, -0.1) is 0 Å². The Kier molecular flexibility index (Phi) is 3.42. The minimum Gasteiger partial charge on any atom is -0.324 e. The van der Waals surface area contributed by atoms with Gasteiger partial charge < -0.3 is 10.6 Å². The van der Waals surface area contributed by atoms with Crippen molar-refractivity contribution < 1.29 is 4.79 Å². The standard InChI is InChI=1S/C13H14ClN5O/c1-2-3-16-12-8-4-9(14)11(19-7-15-6-17-19)5-10(8)18-13(12)20/h4-7,12,16H,2-3H2,1H3,(H,18,20). The van der Waals surface area contributed by atoms with Crippen molar-refractivity contribution in [1.82, 2.24) is 20.1 Å². The predicted octanol–water partition coefficient (Wildman–Crippen LogP) is 1.91. The Balaban J connectivity index is 1.99. The number of nitrogens with one attached hydrogen (secondary N) is 2. The van der Waals surface area contributed by atoms with Crippen molar-refractivity contribution in [3.63, 3.8) is 0 Å². The Hall–Kier alpha value is -1.92. The van der Waals surface area contributed by atoms with Crippen LogP contribution in [-0.4, -0.2) is 27.2 Å². The van der Waals surface area contributed by atoms with Gasteiger partial charge in [-0.05, 0) is 25.1 Å². The van der Waals surface area contributed by atoms with Crippen molar-refractivity contribution in [3.8, 4) is 5.69 Å². The smallest absolute Gasteiger partial charge is 0.246 e. The number of halogens is 1. The van der Waals surface area contributed by atoms with Crippen LogP contribution in [0.4, 0.5) is 5.69 Å². The van der Waals surface area contributed by atoms with E-state index in [0.717, 1.165) is 24.2 Å². The zero-order valence-corrected chi connectivity index (χ0v) is 11.7. The van der Waals surface area contributed by atoms with E-state index < -0.39 is 0 Å². The summed E-state index contributed by atoms with van der Waals surface area (Å²) in [5, 5.41) is 10.7. The highest BCUT2D eigenvalue weighted by atomic mass is 35.5. The molecule has 104 valence electrons. The first-order valence-electron chi connectivity index (χ1n) is 6.43. The Bertz CT molecular complexity index is 640. The van der Waals surface area contributed by atoms with E-state index in [-0.39, 0.29) is 11.9 Å². The molecule has 0 saturated heterocycles. The van der Waals surface area contributed by atoms with E-state index in [1.807, 2.05) is 6.07 Å². The summed E-state index contributed by atoms with van der Waals surface area (Å²) in [4.78, 5) is 15.9. The van der Waals surface area contributed by atoms with Crippen LogP contribution >= 0.6 is 11.6 Å². The summed E-state index contributed by atoms with van der Waals surface area (Å²) in [6.45, 7) is 2.83. The maximum atomic E-state index is 12.0. The molecule has 0 saturated carbocycles. The molecule has 0 aliphatic carbocycles. The van der Waals surface area contributed by atoms with Crippen molar-refractivity contribution in [2.24, 2.45) is 0 Å². The average molecular weight is 292 g/mol. The van der Waals surface area contributed by atoms with Gasteiger partial charge in [-0.1, -0.05) is 18.5 Å². The summed E-state index contributed by atoms with van der Waals surface area (Å²) in [5.41, 5.74) is 2.33. The van der Waals surface area contributed by atoms with Gasteiger partial charge in [0.25, 0.3) is 0 Å². The minimum atomic E-state index is -0.341. The second-order valence-electron chi connectivity index (χ2n) is 4.61. The fourth-order valence-electron chi connectivity index (χ4n) is 2.27. The SMILES string of the molecule is CCCNC1C(=O)Nc2cc(-n3cncn3)c(Cl)cc21. The van der Waals surface area contributed by atoms with Crippen LogP contribution in [0.2, 0.25) is 5.02 Å². The molecular formula is C13H14ClN5O. The number of fused-ring (bicyclic) bond motifs is 1. The Morgan fingerprint density at radius 1 is 1.50 bits per heavy atom. The number of anilines is 1. The first-order valence-corrected chi connectivity index (χ1v) is 6.81. The largest absolute Gasteiger partial charge is 0.324 e. The molecule has 0 bridgehead atoms. The number of nitrogens with zero attached hydrogens (tertiary/aromatic N) is 3. The maximum Gasteiger partial charge on any atom is 0.246 e. The minimum absolute atomic E-state index is 0.0553. The molecule has 1 aromatic heterocycles. The summed E-state index contributed by atoms with van der Waals surface area (Å²) in [5.74, 6) is -0.0553. The number of amides is 1. The lowest BCUT2D eigenvalue weighted by atomic mass is 10.1. The lowest BCUT2D eigenvalue weighted by Gasteiger charge is -2.11. The molecule has 1 aliphatic heterocycles. The summed E-state index contributed by atoms with van der Waals surface area (Å²) >= 11 is 6.29. The van der Waals surface area contributed by atoms with E-state index in [4.69, 9.17) is 11.6 Å². The summed E-state index contributed by atoms with van der Waals surface area (Å²) in [6.07, 6.45) is 3.97.